The maximum absolute atomic E-state index is 13.1. The Balaban J connectivity index is 1.41. The zero-order chi connectivity index (χ0) is 23.4. The predicted molar refractivity (Wildman–Crippen MR) is 121 cm³/mol. The maximum atomic E-state index is 13.1. The fourth-order valence-corrected chi connectivity index (χ4v) is 5.44. The van der Waals surface area contributed by atoms with E-state index < -0.39 is 15.9 Å². The first-order chi connectivity index (χ1) is 15.9. The molecule has 0 radical (unpaired) electrons. The molecule has 3 aromatic rings. The van der Waals surface area contributed by atoms with E-state index in [1.165, 1.54) is 9.21 Å². The highest BCUT2D eigenvalue weighted by atomic mass is 32.2. The lowest BCUT2D eigenvalue weighted by molar-refractivity contribution is -0.136. The minimum absolute atomic E-state index is 0.137. The predicted octanol–water partition coefficient (Wildman–Crippen LogP) is 2.80. The minimum atomic E-state index is -3.63. The Morgan fingerprint density at radius 2 is 2.00 bits per heavy atom. The van der Waals surface area contributed by atoms with Crippen molar-refractivity contribution in [1.29, 1.82) is 0 Å². The summed E-state index contributed by atoms with van der Waals surface area (Å²) in [5.41, 5.74) is 0.743. The van der Waals surface area contributed by atoms with E-state index >= 15 is 0 Å². The van der Waals surface area contributed by atoms with Gasteiger partial charge in [-0.15, -0.1) is 0 Å². The highest BCUT2D eigenvalue weighted by Gasteiger charge is 2.34. The first-order valence-electron chi connectivity index (χ1n) is 10.7. The van der Waals surface area contributed by atoms with Gasteiger partial charge in [-0.05, 0) is 37.1 Å². The van der Waals surface area contributed by atoms with Crippen molar-refractivity contribution >= 4 is 15.9 Å². The van der Waals surface area contributed by atoms with Gasteiger partial charge in [0, 0.05) is 25.7 Å². The second kappa shape index (κ2) is 9.72. The largest absolute Gasteiger partial charge is 0.497 e. The van der Waals surface area contributed by atoms with Crippen LogP contribution in [0.25, 0.3) is 11.4 Å². The van der Waals surface area contributed by atoms with Crippen molar-refractivity contribution in [3.05, 3.63) is 60.5 Å². The third-order valence-corrected chi connectivity index (χ3v) is 7.54. The molecule has 174 valence electrons. The molecule has 2 aromatic carbocycles. The van der Waals surface area contributed by atoms with Crippen LogP contribution in [-0.4, -0.2) is 60.9 Å². The van der Waals surface area contributed by atoms with Crippen molar-refractivity contribution in [3.63, 3.8) is 0 Å². The molecule has 10 heteroatoms. The molecule has 0 bridgehead atoms. The Kier molecular flexibility index (Phi) is 6.75. The molecule has 1 amide bonds. The van der Waals surface area contributed by atoms with Crippen LogP contribution in [0.4, 0.5) is 0 Å². The van der Waals surface area contributed by atoms with Gasteiger partial charge in [-0.2, -0.15) is 9.29 Å². The first-order valence-corrected chi connectivity index (χ1v) is 12.1. The van der Waals surface area contributed by atoms with Gasteiger partial charge < -0.3 is 14.2 Å². The van der Waals surface area contributed by atoms with Crippen LogP contribution in [-0.2, 0) is 21.4 Å². The van der Waals surface area contributed by atoms with Crippen LogP contribution in [0.15, 0.2) is 64.0 Å². The normalized spacial score (nSPS) is 17.0. The standard InChI is InChI=1S/C23H26N4O5S/c1-26(16-21-24-22(25-32-21)17-8-6-10-19(14-17)31-2)23(28)18-9-7-13-27(15-18)33(29,30)20-11-4-3-5-12-20/h3-6,8,10-12,14,18H,7,9,13,15-16H2,1-2H3. The summed E-state index contributed by atoms with van der Waals surface area (Å²) in [7, 11) is -0.397. The minimum Gasteiger partial charge on any atom is -0.497 e. The molecule has 0 aliphatic carbocycles. The number of carbonyl (C=O) groups excluding carboxylic acids is 1. The number of piperidine rings is 1. The molecule has 0 spiro atoms. The lowest BCUT2D eigenvalue weighted by Crippen LogP contribution is -2.45. The lowest BCUT2D eigenvalue weighted by atomic mass is 9.98. The van der Waals surface area contributed by atoms with E-state index in [9.17, 15) is 13.2 Å². The first kappa shape index (κ1) is 22.9. The lowest BCUT2D eigenvalue weighted by Gasteiger charge is -2.33. The molecule has 0 saturated carbocycles. The molecule has 1 fully saturated rings. The van der Waals surface area contributed by atoms with Gasteiger partial charge in [-0.25, -0.2) is 8.42 Å². The number of ether oxygens (including phenoxy) is 1. The van der Waals surface area contributed by atoms with Gasteiger partial charge in [-0.3, -0.25) is 4.79 Å². The summed E-state index contributed by atoms with van der Waals surface area (Å²) in [6, 6.07) is 15.6. The van der Waals surface area contributed by atoms with Crippen LogP contribution in [0.1, 0.15) is 18.7 Å². The highest BCUT2D eigenvalue weighted by Crippen LogP contribution is 2.26. The Morgan fingerprint density at radius 1 is 1.21 bits per heavy atom. The number of aromatic nitrogens is 2. The van der Waals surface area contributed by atoms with Crippen LogP contribution >= 0.6 is 0 Å². The monoisotopic (exact) mass is 470 g/mol. The molecule has 1 saturated heterocycles. The molecule has 1 unspecified atom stereocenters. The van der Waals surface area contributed by atoms with E-state index in [1.807, 2.05) is 18.2 Å². The molecular formula is C23H26N4O5S. The molecular weight excluding hydrogens is 444 g/mol. The summed E-state index contributed by atoms with van der Waals surface area (Å²) in [5, 5.41) is 4.00. The maximum Gasteiger partial charge on any atom is 0.246 e. The Morgan fingerprint density at radius 3 is 2.76 bits per heavy atom. The molecule has 1 atom stereocenters. The van der Waals surface area contributed by atoms with E-state index in [0.29, 0.717) is 36.9 Å². The Bertz CT molecular complexity index is 1210. The van der Waals surface area contributed by atoms with Gasteiger partial charge in [0.2, 0.25) is 27.6 Å². The van der Waals surface area contributed by atoms with Gasteiger partial charge >= 0.3 is 0 Å². The number of hydrogen-bond acceptors (Lipinski definition) is 7. The third kappa shape index (κ3) is 5.07. The van der Waals surface area contributed by atoms with E-state index in [2.05, 4.69) is 10.1 Å². The molecule has 33 heavy (non-hydrogen) atoms. The van der Waals surface area contributed by atoms with E-state index in [-0.39, 0.29) is 23.9 Å². The van der Waals surface area contributed by atoms with E-state index in [0.717, 1.165) is 5.56 Å². The number of sulfonamides is 1. The zero-order valence-corrected chi connectivity index (χ0v) is 19.4. The molecule has 1 aromatic heterocycles. The summed E-state index contributed by atoms with van der Waals surface area (Å²) >= 11 is 0. The number of hydrogen-bond donors (Lipinski definition) is 0. The van der Waals surface area contributed by atoms with Gasteiger partial charge in [0.05, 0.1) is 24.5 Å². The smallest absolute Gasteiger partial charge is 0.246 e. The third-order valence-electron chi connectivity index (χ3n) is 5.66. The van der Waals surface area contributed by atoms with Gasteiger partial charge in [-0.1, -0.05) is 35.5 Å². The zero-order valence-electron chi connectivity index (χ0n) is 18.5. The molecule has 2 heterocycles. The molecule has 1 aliphatic heterocycles. The number of methoxy groups -OCH3 is 1. The second-order valence-electron chi connectivity index (χ2n) is 7.95. The van der Waals surface area contributed by atoms with E-state index in [1.54, 1.807) is 50.6 Å². The van der Waals surface area contributed by atoms with Gasteiger partial charge in [0.1, 0.15) is 5.75 Å². The van der Waals surface area contributed by atoms with Crippen LogP contribution in [0.3, 0.4) is 0 Å². The summed E-state index contributed by atoms with van der Waals surface area (Å²) in [6.07, 6.45) is 1.25. The summed E-state index contributed by atoms with van der Waals surface area (Å²) in [6.45, 7) is 0.690. The SMILES string of the molecule is COc1cccc(-c2noc(CN(C)C(=O)C3CCCN(S(=O)(=O)c4ccccc4)C3)n2)c1. The molecule has 0 N–H and O–H groups in total. The summed E-state index contributed by atoms with van der Waals surface area (Å²) < 4.78 is 37.9. The van der Waals surface area contributed by atoms with Crippen molar-refractivity contribution in [2.75, 3.05) is 27.2 Å². The topological polar surface area (TPSA) is 106 Å². The Hall–Kier alpha value is -3.24. The Labute approximate surface area is 193 Å². The number of carbonyl (C=O) groups is 1. The quantitative estimate of drug-likeness (QED) is 0.523. The highest BCUT2D eigenvalue weighted by molar-refractivity contribution is 7.89. The van der Waals surface area contributed by atoms with Crippen molar-refractivity contribution in [3.8, 4) is 17.1 Å². The molecule has 9 nitrogen and oxygen atoms in total. The fraction of sp³-hybridized carbons (Fsp3) is 0.348. The number of nitrogens with zero attached hydrogens (tertiary/aromatic N) is 4. The van der Waals surface area contributed by atoms with Crippen molar-refractivity contribution < 1.29 is 22.5 Å². The average Bonchev–Trinajstić information content (AvgIpc) is 3.32. The molecule has 4 rings (SSSR count). The van der Waals surface area contributed by atoms with Crippen LogP contribution in [0.2, 0.25) is 0 Å². The summed E-state index contributed by atoms with van der Waals surface area (Å²) in [5.74, 6) is 0.807. The van der Waals surface area contributed by atoms with Crippen molar-refractivity contribution in [2.24, 2.45) is 5.92 Å². The number of amides is 1. The van der Waals surface area contributed by atoms with Gasteiger partial charge in [0.15, 0.2) is 0 Å². The summed E-state index contributed by atoms with van der Waals surface area (Å²) in [4.78, 5) is 19.2. The van der Waals surface area contributed by atoms with Gasteiger partial charge in [0.25, 0.3) is 0 Å². The number of rotatable bonds is 7. The van der Waals surface area contributed by atoms with Crippen LogP contribution in [0, 0.1) is 5.92 Å². The second-order valence-corrected chi connectivity index (χ2v) is 9.89. The van der Waals surface area contributed by atoms with Crippen molar-refractivity contribution in [2.45, 2.75) is 24.3 Å². The van der Waals surface area contributed by atoms with Crippen LogP contribution < -0.4 is 4.74 Å². The van der Waals surface area contributed by atoms with Crippen molar-refractivity contribution in [1.82, 2.24) is 19.3 Å². The number of benzene rings is 2. The fourth-order valence-electron chi connectivity index (χ4n) is 3.89. The molecule has 1 aliphatic rings. The van der Waals surface area contributed by atoms with E-state index in [4.69, 9.17) is 9.26 Å². The van der Waals surface area contributed by atoms with Crippen LogP contribution in [0.5, 0.6) is 5.75 Å². The average molecular weight is 471 g/mol.